The third kappa shape index (κ3) is 2.38. The van der Waals surface area contributed by atoms with Crippen LogP contribution in [0.15, 0.2) is 47.8 Å². The van der Waals surface area contributed by atoms with Crippen LogP contribution >= 0.6 is 0 Å². The molecule has 2 aliphatic carbocycles. The highest BCUT2D eigenvalue weighted by molar-refractivity contribution is 5.63. The second kappa shape index (κ2) is 6.43. The van der Waals surface area contributed by atoms with Gasteiger partial charge in [-0.3, -0.25) is 0 Å². The molecular formula is C25H34N2. The first kappa shape index (κ1) is 14.3. The van der Waals surface area contributed by atoms with Crippen LogP contribution in [0.2, 0.25) is 0 Å². The summed E-state index contributed by atoms with van der Waals surface area (Å²) in [7, 11) is 0. The van der Waals surface area contributed by atoms with E-state index in [1.165, 1.54) is 51.4 Å². The van der Waals surface area contributed by atoms with Crippen molar-refractivity contribution in [1.29, 1.82) is 0 Å². The van der Waals surface area contributed by atoms with Crippen LogP contribution in [-0.4, -0.2) is 16.6 Å². The molecule has 0 amide bonds. The van der Waals surface area contributed by atoms with E-state index in [9.17, 15) is 0 Å². The summed E-state index contributed by atoms with van der Waals surface area (Å²) in [5.74, 6) is 1.12. The van der Waals surface area contributed by atoms with Gasteiger partial charge in [-0.2, -0.15) is 0 Å². The van der Waals surface area contributed by atoms with Gasteiger partial charge in [-0.15, -0.1) is 0 Å². The van der Waals surface area contributed by atoms with Gasteiger partial charge >= 0.3 is 0 Å². The summed E-state index contributed by atoms with van der Waals surface area (Å²) < 4.78 is 25.9. The van der Waals surface area contributed by atoms with E-state index in [1.807, 2.05) is 12.1 Å². The number of hydrogen-bond donors (Lipinski definition) is 0. The Balaban J connectivity index is 1.68. The number of fused-ring (bicyclic) bond motifs is 1. The third-order valence-electron chi connectivity index (χ3n) is 7.80. The summed E-state index contributed by atoms with van der Waals surface area (Å²) in [4.78, 5) is 4.51. The third-order valence-corrected chi connectivity index (χ3v) is 7.80. The standard InChI is InChI=1S/C25H34N2/c1-18-10-4-9-15-23(18)26-19(2)24-16-17-25(27(24)20(26)3,21-11-5-6-12-21)22-13-7-8-14-22/h4,9-10,15-17,20-22H,5-8,11-14H2,1-3H3/i3D3. The summed E-state index contributed by atoms with van der Waals surface area (Å²) in [6.07, 6.45) is 14.1. The van der Waals surface area contributed by atoms with Crippen LogP contribution in [0.5, 0.6) is 0 Å². The number of rotatable bonds is 3. The Bertz CT molecular complexity index is 857. The summed E-state index contributed by atoms with van der Waals surface area (Å²) in [5.41, 5.74) is 4.24. The maximum Gasteiger partial charge on any atom is 0.104 e. The highest BCUT2D eigenvalue weighted by Gasteiger charge is 2.56. The number of hydrogen-bond acceptors (Lipinski definition) is 2. The molecule has 2 heterocycles. The van der Waals surface area contributed by atoms with Crippen molar-refractivity contribution in [2.45, 2.75) is 83.8 Å². The van der Waals surface area contributed by atoms with Crippen LogP contribution in [0.4, 0.5) is 5.69 Å². The van der Waals surface area contributed by atoms with E-state index in [2.05, 4.69) is 47.9 Å². The van der Waals surface area contributed by atoms with Gasteiger partial charge in [0.1, 0.15) is 6.17 Å². The van der Waals surface area contributed by atoms with Gasteiger partial charge in [-0.05, 0) is 75.9 Å². The maximum atomic E-state index is 8.63. The van der Waals surface area contributed by atoms with E-state index < -0.39 is 13.0 Å². The zero-order chi connectivity index (χ0) is 21.1. The SMILES string of the molecule is [2H]C([2H])([2H])C1N(c2ccccc2C)C(C)=C2C=CC(C3CCCC3)(C3CCCC3)N21. The highest BCUT2D eigenvalue weighted by Crippen LogP contribution is 2.56. The molecule has 0 N–H and O–H groups in total. The fourth-order valence-electron chi connectivity index (χ4n) is 6.56. The number of anilines is 1. The molecule has 0 spiro atoms. The number of para-hydroxylation sites is 1. The lowest BCUT2D eigenvalue weighted by atomic mass is 9.71. The topological polar surface area (TPSA) is 6.48 Å². The summed E-state index contributed by atoms with van der Waals surface area (Å²) in [5, 5.41) is 0. The first-order chi connectivity index (χ1) is 14.4. The Kier molecular flexibility index (Phi) is 3.41. The zero-order valence-corrected chi connectivity index (χ0v) is 16.7. The molecule has 2 heteroatoms. The van der Waals surface area contributed by atoms with Crippen molar-refractivity contribution in [3.8, 4) is 0 Å². The van der Waals surface area contributed by atoms with Gasteiger partial charge in [0.25, 0.3) is 0 Å². The van der Waals surface area contributed by atoms with E-state index in [-0.39, 0.29) is 5.54 Å². The molecule has 2 aliphatic heterocycles. The Labute approximate surface area is 169 Å². The predicted octanol–water partition coefficient (Wildman–Crippen LogP) is 6.38. The zero-order valence-electron chi connectivity index (χ0n) is 19.7. The molecule has 1 unspecified atom stereocenters. The van der Waals surface area contributed by atoms with E-state index in [1.54, 1.807) is 0 Å². The van der Waals surface area contributed by atoms with Crippen LogP contribution in [0.25, 0.3) is 0 Å². The van der Waals surface area contributed by atoms with Crippen molar-refractivity contribution in [3.63, 3.8) is 0 Å². The molecule has 2 nitrogen and oxygen atoms in total. The Morgan fingerprint density at radius 1 is 0.963 bits per heavy atom. The Morgan fingerprint density at radius 2 is 1.59 bits per heavy atom. The molecule has 1 atom stereocenters. The molecule has 0 aromatic heterocycles. The molecular weight excluding hydrogens is 328 g/mol. The molecule has 0 saturated heterocycles. The molecule has 0 radical (unpaired) electrons. The number of nitrogens with zero attached hydrogens (tertiary/aromatic N) is 2. The highest BCUT2D eigenvalue weighted by atomic mass is 15.5. The quantitative estimate of drug-likeness (QED) is 0.613. The molecule has 1 aromatic rings. The fourth-order valence-corrected chi connectivity index (χ4v) is 6.56. The average Bonchev–Trinajstić information content (AvgIpc) is 3.48. The lowest BCUT2D eigenvalue weighted by Gasteiger charge is -2.50. The molecule has 2 saturated carbocycles. The van der Waals surface area contributed by atoms with Gasteiger partial charge in [0.15, 0.2) is 0 Å². The molecule has 2 fully saturated rings. The van der Waals surface area contributed by atoms with Gasteiger partial charge < -0.3 is 9.80 Å². The fraction of sp³-hybridized carbons (Fsp3) is 0.600. The largest absolute Gasteiger partial charge is 0.340 e. The lowest BCUT2D eigenvalue weighted by molar-refractivity contribution is 0.0471. The van der Waals surface area contributed by atoms with Crippen molar-refractivity contribution in [3.05, 3.63) is 53.4 Å². The van der Waals surface area contributed by atoms with Crippen LogP contribution in [-0.2, 0) is 0 Å². The monoisotopic (exact) mass is 365 g/mol. The minimum absolute atomic E-state index is 0.139. The molecule has 0 bridgehead atoms. The number of benzene rings is 1. The van der Waals surface area contributed by atoms with E-state index in [0.29, 0.717) is 11.8 Å². The van der Waals surface area contributed by atoms with Crippen LogP contribution in [0, 0.1) is 18.8 Å². The molecule has 4 aliphatic rings. The van der Waals surface area contributed by atoms with E-state index in [4.69, 9.17) is 4.11 Å². The summed E-state index contributed by atoms with van der Waals surface area (Å²) in [6, 6.07) is 8.22. The van der Waals surface area contributed by atoms with Gasteiger partial charge in [0, 0.05) is 15.5 Å². The van der Waals surface area contributed by atoms with E-state index >= 15 is 0 Å². The first-order valence-corrected chi connectivity index (χ1v) is 10.9. The molecule has 5 rings (SSSR count). The molecule has 27 heavy (non-hydrogen) atoms. The average molecular weight is 366 g/mol. The van der Waals surface area contributed by atoms with Gasteiger partial charge in [0.05, 0.1) is 11.2 Å². The Morgan fingerprint density at radius 3 is 2.19 bits per heavy atom. The maximum absolute atomic E-state index is 8.63. The van der Waals surface area contributed by atoms with Gasteiger partial charge in [0.2, 0.25) is 0 Å². The van der Waals surface area contributed by atoms with Crippen molar-refractivity contribution in [2.75, 3.05) is 4.90 Å². The van der Waals surface area contributed by atoms with Crippen LogP contribution in [0.3, 0.4) is 0 Å². The second-order valence-corrected chi connectivity index (χ2v) is 9.05. The normalized spacial score (nSPS) is 30.1. The van der Waals surface area contributed by atoms with E-state index in [0.717, 1.165) is 22.6 Å². The minimum Gasteiger partial charge on any atom is -0.340 e. The van der Waals surface area contributed by atoms with Crippen LogP contribution < -0.4 is 4.90 Å². The van der Waals surface area contributed by atoms with Crippen molar-refractivity contribution >= 4 is 5.69 Å². The second-order valence-electron chi connectivity index (χ2n) is 9.05. The minimum atomic E-state index is -2.10. The summed E-state index contributed by atoms with van der Waals surface area (Å²) >= 11 is 0. The van der Waals surface area contributed by atoms with Crippen LogP contribution in [0.1, 0.15) is 74.8 Å². The van der Waals surface area contributed by atoms with Crippen molar-refractivity contribution < 1.29 is 4.11 Å². The van der Waals surface area contributed by atoms with Crippen molar-refractivity contribution in [1.82, 2.24) is 4.90 Å². The van der Waals surface area contributed by atoms with Gasteiger partial charge in [-0.1, -0.05) is 50.0 Å². The predicted molar refractivity (Wildman–Crippen MR) is 113 cm³/mol. The summed E-state index contributed by atoms with van der Waals surface area (Å²) in [6.45, 7) is 2.11. The first-order valence-electron chi connectivity index (χ1n) is 12.4. The van der Waals surface area contributed by atoms with Gasteiger partial charge in [-0.25, -0.2) is 0 Å². The lowest BCUT2D eigenvalue weighted by Crippen LogP contribution is -2.57. The Hall–Kier alpha value is -1.70. The smallest absolute Gasteiger partial charge is 0.104 e. The van der Waals surface area contributed by atoms with Crippen molar-refractivity contribution in [2.24, 2.45) is 11.8 Å². The molecule has 1 aromatic carbocycles. The molecule has 144 valence electrons. The number of aryl methyl sites for hydroxylation is 1. The number of allylic oxidation sites excluding steroid dienone is 2.